The van der Waals surface area contributed by atoms with Crippen molar-refractivity contribution in [2.75, 3.05) is 11.6 Å². The van der Waals surface area contributed by atoms with Gasteiger partial charge in [-0.15, -0.1) is 11.8 Å². The van der Waals surface area contributed by atoms with Crippen LogP contribution in [0.5, 0.6) is 0 Å². The van der Waals surface area contributed by atoms with Gasteiger partial charge in [-0.05, 0) is 67.0 Å². The Bertz CT molecular complexity index is 1480. The SMILES string of the molecule is CSc1ccc([C@@H]2C(C(=O)Nc3cccc(C(F)(F)F)c3)=C(C)NC3=C2C(=O)C[C@H](c2ccccc2)C3)cc1. The predicted molar refractivity (Wildman–Crippen MR) is 147 cm³/mol. The molecule has 0 bridgehead atoms. The molecule has 0 fully saturated rings. The number of anilines is 1. The number of hydrogen-bond donors (Lipinski definition) is 2. The molecule has 1 heterocycles. The Morgan fingerprint density at radius 1 is 0.949 bits per heavy atom. The van der Waals surface area contributed by atoms with Crippen LogP contribution >= 0.6 is 11.8 Å². The van der Waals surface area contributed by atoms with Gasteiger partial charge in [-0.2, -0.15) is 13.2 Å². The topological polar surface area (TPSA) is 58.2 Å². The number of Topliss-reactive ketones (excluding diaryl/α,β-unsaturated/α-hetero) is 1. The summed E-state index contributed by atoms with van der Waals surface area (Å²) in [7, 11) is 0. The third kappa shape index (κ3) is 5.52. The van der Waals surface area contributed by atoms with E-state index in [1.807, 2.05) is 60.9 Å². The maximum absolute atomic E-state index is 13.7. The molecule has 0 radical (unpaired) electrons. The molecular formula is C31H27F3N2O2S. The lowest BCUT2D eigenvalue weighted by atomic mass is 9.71. The monoisotopic (exact) mass is 548 g/mol. The Balaban J connectivity index is 1.54. The van der Waals surface area contributed by atoms with Crippen molar-refractivity contribution in [3.05, 3.63) is 118 Å². The number of halogens is 3. The van der Waals surface area contributed by atoms with Gasteiger partial charge in [0.25, 0.3) is 5.91 Å². The smallest absolute Gasteiger partial charge is 0.362 e. The summed E-state index contributed by atoms with van der Waals surface area (Å²) in [6.07, 6.45) is -1.64. The van der Waals surface area contributed by atoms with Gasteiger partial charge in [0, 0.05) is 45.5 Å². The van der Waals surface area contributed by atoms with Crippen LogP contribution in [0.2, 0.25) is 0 Å². The second-order valence-corrected chi connectivity index (χ2v) is 10.6. The van der Waals surface area contributed by atoms with E-state index in [4.69, 9.17) is 0 Å². The van der Waals surface area contributed by atoms with E-state index in [-0.39, 0.29) is 17.4 Å². The summed E-state index contributed by atoms with van der Waals surface area (Å²) < 4.78 is 39.8. The summed E-state index contributed by atoms with van der Waals surface area (Å²) in [6.45, 7) is 1.77. The Kier molecular flexibility index (Phi) is 7.40. The summed E-state index contributed by atoms with van der Waals surface area (Å²) in [5.74, 6) is -1.24. The van der Waals surface area contributed by atoms with Crippen LogP contribution in [-0.2, 0) is 15.8 Å². The zero-order chi connectivity index (χ0) is 27.7. The molecule has 1 aliphatic heterocycles. The lowest BCUT2D eigenvalue weighted by Gasteiger charge is -2.37. The van der Waals surface area contributed by atoms with Crippen molar-refractivity contribution in [2.45, 2.75) is 42.7 Å². The highest BCUT2D eigenvalue weighted by Gasteiger charge is 2.41. The van der Waals surface area contributed by atoms with E-state index in [1.165, 1.54) is 12.1 Å². The highest BCUT2D eigenvalue weighted by atomic mass is 32.2. The van der Waals surface area contributed by atoms with Gasteiger partial charge in [-0.1, -0.05) is 48.5 Å². The molecule has 0 spiro atoms. The number of nitrogens with one attached hydrogen (secondary N) is 2. The molecule has 5 rings (SSSR count). The quantitative estimate of drug-likeness (QED) is 0.326. The first kappa shape index (κ1) is 26.8. The molecule has 1 aliphatic carbocycles. The second-order valence-electron chi connectivity index (χ2n) is 9.73. The average molecular weight is 549 g/mol. The molecular weight excluding hydrogens is 521 g/mol. The van der Waals surface area contributed by atoms with Crippen LogP contribution in [0.15, 0.2) is 106 Å². The Hall–Kier alpha value is -3.78. The van der Waals surface area contributed by atoms with Crippen LogP contribution < -0.4 is 10.6 Å². The lowest BCUT2D eigenvalue weighted by molar-refractivity contribution is -0.137. The summed E-state index contributed by atoms with van der Waals surface area (Å²) in [4.78, 5) is 28.4. The summed E-state index contributed by atoms with van der Waals surface area (Å²) in [5.41, 5.74) is 3.25. The lowest BCUT2D eigenvalue weighted by Crippen LogP contribution is -2.37. The van der Waals surface area contributed by atoms with Gasteiger partial charge in [0.15, 0.2) is 5.78 Å². The van der Waals surface area contributed by atoms with Gasteiger partial charge < -0.3 is 10.6 Å². The summed E-state index contributed by atoms with van der Waals surface area (Å²) in [6, 6.07) is 22.1. The fourth-order valence-corrected chi connectivity index (χ4v) is 5.81. The molecule has 200 valence electrons. The largest absolute Gasteiger partial charge is 0.416 e. The molecule has 3 aromatic carbocycles. The van der Waals surface area contributed by atoms with E-state index < -0.39 is 23.6 Å². The number of allylic oxidation sites excluding steroid dienone is 3. The molecule has 0 unspecified atom stereocenters. The van der Waals surface area contributed by atoms with Crippen molar-refractivity contribution in [1.82, 2.24) is 5.32 Å². The molecule has 8 heteroatoms. The minimum Gasteiger partial charge on any atom is -0.362 e. The molecule has 4 nitrogen and oxygen atoms in total. The number of carbonyl (C=O) groups excluding carboxylic acids is 2. The molecule has 3 aromatic rings. The number of carbonyl (C=O) groups is 2. The number of amides is 1. The molecule has 0 aromatic heterocycles. The zero-order valence-corrected chi connectivity index (χ0v) is 22.2. The van der Waals surface area contributed by atoms with Gasteiger partial charge in [0.1, 0.15) is 0 Å². The standard InChI is InChI=1S/C31H27F3N2O2S/c1-18-27(30(38)36-23-10-6-9-22(17-23)31(32,33)34)28(20-11-13-24(39-2)14-12-20)29-25(35-18)15-21(16-26(29)37)19-7-4-3-5-8-19/h3-14,17,21,28,35H,15-16H2,1-2H3,(H,36,38)/t21-,28-/m1/s1. The van der Waals surface area contributed by atoms with Crippen LogP contribution in [0.25, 0.3) is 0 Å². The van der Waals surface area contributed by atoms with E-state index >= 15 is 0 Å². The van der Waals surface area contributed by atoms with Gasteiger partial charge in [-0.25, -0.2) is 0 Å². The minimum atomic E-state index is -4.53. The molecule has 2 atom stereocenters. The molecule has 1 amide bonds. The van der Waals surface area contributed by atoms with Crippen LogP contribution in [0.3, 0.4) is 0 Å². The number of ketones is 1. The Morgan fingerprint density at radius 3 is 2.33 bits per heavy atom. The Morgan fingerprint density at radius 2 is 1.67 bits per heavy atom. The first-order valence-corrected chi connectivity index (χ1v) is 13.8. The maximum atomic E-state index is 13.7. The van der Waals surface area contributed by atoms with Crippen molar-refractivity contribution in [2.24, 2.45) is 0 Å². The number of dihydropyridines is 1. The maximum Gasteiger partial charge on any atom is 0.416 e. The summed E-state index contributed by atoms with van der Waals surface area (Å²) >= 11 is 1.58. The predicted octanol–water partition coefficient (Wildman–Crippen LogP) is 7.43. The van der Waals surface area contributed by atoms with E-state index in [9.17, 15) is 22.8 Å². The number of alkyl halides is 3. The van der Waals surface area contributed by atoms with E-state index in [0.717, 1.165) is 33.9 Å². The minimum absolute atomic E-state index is 0.0118. The first-order valence-electron chi connectivity index (χ1n) is 12.6. The Labute approximate surface area is 229 Å². The van der Waals surface area contributed by atoms with Crippen LogP contribution in [0.1, 0.15) is 48.3 Å². The normalized spacial score (nSPS) is 19.5. The molecule has 2 N–H and O–H groups in total. The highest BCUT2D eigenvalue weighted by Crippen LogP contribution is 2.46. The van der Waals surface area contributed by atoms with E-state index in [1.54, 1.807) is 18.7 Å². The van der Waals surface area contributed by atoms with Gasteiger partial charge in [-0.3, -0.25) is 9.59 Å². The van der Waals surface area contributed by atoms with Gasteiger partial charge in [0.05, 0.1) is 5.56 Å². The average Bonchev–Trinajstić information content (AvgIpc) is 2.92. The third-order valence-corrected chi connectivity index (χ3v) is 7.98. The van der Waals surface area contributed by atoms with Crippen molar-refractivity contribution in [3.8, 4) is 0 Å². The summed E-state index contributed by atoms with van der Waals surface area (Å²) in [5, 5.41) is 5.96. The zero-order valence-electron chi connectivity index (χ0n) is 21.4. The number of hydrogen-bond acceptors (Lipinski definition) is 4. The second kappa shape index (κ2) is 10.8. The van der Waals surface area contributed by atoms with Crippen LogP contribution in [-0.4, -0.2) is 17.9 Å². The third-order valence-electron chi connectivity index (χ3n) is 7.24. The van der Waals surface area contributed by atoms with Gasteiger partial charge in [0.2, 0.25) is 0 Å². The van der Waals surface area contributed by atoms with Crippen molar-refractivity contribution in [3.63, 3.8) is 0 Å². The number of thioether (sulfide) groups is 1. The fourth-order valence-electron chi connectivity index (χ4n) is 5.40. The molecule has 0 saturated heterocycles. The van der Waals surface area contributed by atoms with Crippen molar-refractivity contribution in [1.29, 1.82) is 0 Å². The fraction of sp³-hybridized carbons (Fsp3) is 0.226. The van der Waals surface area contributed by atoms with E-state index in [0.29, 0.717) is 29.7 Å². The molecule has 2 aliphatic rings. The van der Waals surface area contributed by atoms with Crippen molar-refractivity contribution < 1.29 is 22.8 Å². The highest BCUT2D eigenvalue weighted by molar-refractivity contribution is 7.98. The van der Waals surface area contributed by atoms with Crippen molar-refractivity contribution >= 4 is 29.1 Å². The van der Waals surface area contributed by atoms with Crippen LogP contribution in [0, 0.1) is 0 Å². The molecule has 0 saturated carbocycles. The van der Waals surface area contributed by atoms with Gasteiger partial charge >= 0.3 is 6.18 Å². The van der Waals surface area contributed by atoms with Crippen LogP contribution in [0.4, 0.5) is 18.9 Å². The molecule has 39 heavy (non-hydrogen) atoms. The number of benzene rings is 3. The van der Waals surface area contributed by atoms with E-state index in [2.05, 4.69) is 10.6 Å². The number of rotatable bonds is 5. The first-order chi connectivity index (χ1) is 18.7.